The van der Waals surface area contributed by atoms with Crippen LogP contribution in [-0.2, 0) is 6.42 Å². The molecule has 3 rings (SSSR count). The van der Waals surface area contributed by atoms with Gasteiger partial charge in [0.05, 0.1) is 12.2 Å². The predicted octanol–water partition coefficient (Wildman–Crippen LogP) is -0.644. The number of rotatable bonds is 3. The zero-order valence-electron chi connectivity index (χ0n) is 11.1. The minimum Gasteiger partial charge on any atom is -0.454 e. The van der Waals surface area contributed by atoms with E-state index in [0.29, 0.717) is 19.6 Å². The van der Waals surface area contributed by atoms with Gasteiger partial charge in [-0.1, -0.05) is 6.07 Å². The Morgan fingerprint density at radius 3 is 2.50 bits per heavy atom. The Balaban J connectivity index is 1.57. The zero-order chi connectivity index (χ0) is 14.1. The summed E-state index contributed by atoms with van der Waals surface area (Å²) < 4.78 is 10.6. The number of hydrogen-bond acceptors (Lipinski definition) is 6. The normalized spacial score (nSPS) is 29.6. The van der Waals surface area contributed by atoms with Crippen LogP contribution in [0, 0.1) is 0 Å². The molecule has 1 unspecified atom stereocenters. The average Bonchev–Trinajstić information content (AvgIpc) is 2.89. The van der Waals surface area contributed by atoms with Crippen LogP contribution in [-0.4, -0.2) is 65.0 Å². The largest absolute Gasteiger partial charge is 0.454 e. The van der Waals surface area contributed by atoms with E-state index in [2.05, 4.69) is 0 Å². The number of piperidine rings is 1. The molecule has 0 aliphatic carbocycles. The van der Waals surface area contributed by atoms with Crippen LogP contribution >= 0.6 is 0 Å². The number of hydrogen-bond donors (Lipinski definition) is 3. The van der Waals surface area contributed by atoms with Crippen LogP contribution in [0.1, 0.15) is 5.56 Å². The van der Waals surface area contributed by atoms with Crippen molar-refractivity contribution < 1.29 is 24.8 Å². The lowest BCUT2D eigenvalue weighted by Gasteiger charge is -2.36. The van der Waals surface area contributed by atoms with Crippen molar-refractivity contribution in [1.29, 1.82) is 0 Å². The van der Waals surface area contributed by atoms with Gasteiger partial charge >= 0.3 is 0 Å². The van der Waals surface area contributed by atoms with Gasteiger partial charge in [-0.05, 0) is 24.1 Å². The second kappa shape index (κ2) is 5.57. The molecule has 110 valence electrons. The summed E-state index contributed by atoms with van der Waals surface area (Å²) in [6.45, 7) is 1.73. The molecule has 1 aromatic carbocycles. The molecular weight excluding hydrogens is 262 g/mol. The van der Waals surface area contributed by atoms with Gasteiger partial charge < -0.3 is 24.8 Å². The van der Waals surface area contributed by atoms with Gasteiger partial charge in [0.2, 0.25) is 6.79 Å². The Morgan fingerprint density at radius 1 is 1.05 bits per heavy atom. The van der Waals surface area contributed by atoms with Crippen molar-refractivity contribution in [3.63, 3.8) is 0 Å². The van der Waals surface area contributed by atoms with E-state index in [4.69, 9.17) is 9.47 Å². The van der Waals surface area contributed by atoms with Gasteiger partial charge in [-0.2, -0.15) is 0 Å². The molecule has 0 saturated carbocycles. The van der Waals surface area contributed by atoms with Gasteiger partial charge in [-0.3, -0.25) is 4.90 Å². The molecule has 1 aromatic rings. The maximum absolute atomic E-state index is 9.65. The van der Waals surface area contributed by atoms with Crippen LogP contribution in [0.25, 0.3) is 0 Å². The number of nitrogens with zero attached hydrogens (tertiary/aromatic N) is 1. The SMILES string of the molecule is OC1[C@H](O)CN(CCc2ccc3c(c2)OCO3)C[C@@H]1O. The molecule has 0 amide bonds. The molecule has 0 radical (unpaired) electrons. The molecule has 1 saturated heterocycles. The number of ether oxygens (including phenoxy) is 2. The summed E-state index contributed by atoms with van der Waals surface area (Å²) in [7, 11) is 0. The topological polar surface area (TPSA) is 82.4 Å². The highest BCUT2D eigenvalue weighted by atomic mass is 16.7. The molecule has 2 heterocycles. The lowest BCUT2D eigenvalue weighted by Crippen LogP contribution is -2.55. The first-order valence-corrected chi connectivity index (χ1v) is 6.78. The predicted molar refractivity (Wildman–Crippen MR) is 70.7 cm³/mol. The third-order valence-corrected chi connectivity index (χ3v) is 3.83. The van der Waals surface area contributed by atoms with Crippen LogP contribution in [0.5, 0.6) is 11.5 Å². The Labute approximate surface area is 117 Å². The third kappa shape index (κ3) is 2.73. The quantitative estimate of drug-likeness (QED) is 0.683. The Bertz CT molecular complexity index is 469. The van der Waals surface area contributed by atoms with Gasteiger partial charge in [0.1, 0.15) is 6.10 Å². The van der Waals surface area contributed by atoms with E-state index in [0.717, 1.165) is 23.5 Å². The third-order valence-electron chi connectivity index (χ3n) is 3.83. The Morgan fingerprint density at radius 2 is 1.75 bits per heavy atom. The van der Waals surface area contributed by atoms with Crippen LogP contribution in [0.3, 0.4) is 0 Å². The molecule has 20 heavy (non-hydrogen) atoms. The van der Waals surface area contributed by atoms with Gasteiger partial charge in [-0.25, -0.2) is 0 Å². The second-order valence-corrected chi connectivity index (χ2v) is 5.32. The molecule has 6 heteroatoms. The van der Waals surface area contributed by atoms with Gasteiger partial charge in [0.15, 0.2) is 11.5 Å². The van der Waals surface area contributed by atoms with E-state index in [1.807, 2.05) is 23.1 Å². The fraction of sp³-hybridized carbons (Fsp3) is 0.571. The highest BCUT2D eigenvalue weighted by Crippen LogP contribution is 2.32. The molecule has 0 spiro atoms. The van der Waals surface area contributed by atoms with Crippen molar-refractivity contribution in [2.45, 2.75) is 24.7 Å². The number of fused-ring (bicyclic) bond motifs is 1. The Hall–Kier alpha value is -1.34. The van der Waals surface area contributed by atoms with E-state index in [1.165, 1.54) is 0 Å². The summed E-state index contributed by atoms with van der Waals surface area (Å²) in [6, 6.07) is 5.83. The monoisotopic (exact) mass is 281 g/mol. The summed E-state index contributed by atoms with van der Waals surface area (Å²) in [5.74, 6) is 1.53. The molecule has 3 N–H and O–H groups in total. The van der Waals surface area contributed by atoms with Gasteiger partial charge in [0, 0.05) is 19.6 Å². The highest BCUT2D eigenvalue weighted by molar-refractivity contribution is 5.44. The summed E-state index contributed by atoms with van der Waals surface area (Å²) in [6.07, 6.45) is -2.05. The number of aliphatic hydroxyl groups excluding tert-OH is 3. The van der Waals surface area contributed by atoms with Crippen molar-refractivity contribution in [3.05, 3.63) is 23.8 Å². The minimum atomic E-state index is -1.04. The fourth-order valence-electron chi connectivity index (χ4n) is 2.64. The van der Waals surface area contributed by atoms with E-state index in [1.54, 1.807) is 0 Å². The Kier molecular flexibility index (Phi) is 3.80. The summed E-state index contributed by atoms with van der Waals surface area (Å²) >= 11 is 0. The molecule has 3 atom stereocenters. The van der Waals surface area contributed by atoms with Crippen molar-refractivity contribution >= 4 is 0 Å². The first kappa shape index (κ1) is 13.6. The second-order valence-electron chi connectivity index (χ2n) is 5.32. The first-order chi connectivity index (χ1) is 9.63. The number of β-amino-alcohol motifs (C(OH)–C–C–N with tert-alkyl or cyclic N) is 2. The first-order valence-electron chi connectivity index (χ1n) is 6.78. The van der Waals surface area contributed by atoms with Crippen molar-refractivity contribution in [2.24, 2.45) is 0 Å². The van der Waals surface area contributed by atoms with Crippen molar-refractivity contribution in [3.8, 4) is 11.5 Å². The maximum Gasteiger partial charge on any atom is 0.231 e. The van der Waals surface area contributed by atoms with Gasteiger partial charge in [-0.15, -0.1) is 0 Å². The zero-order valence-corrected chi connectivity index (χ0v) is 11.1. The fourth-order valence-corrected chi connectivity index (χ4v) is 2.64. The van der Waals surface area contributed by atoms with E-state index in [9.17, 15) is 15.3 Å². The molecular formula is C14H19NO5. The van der Waals surface area contributed by atoms with Crippen LogP contribution in [0.15, 0.2) is 18.2 Å². The molecule has 2 aliphatic rings. The number of likely N-dealkylation sites (tertiary alicyclic amines) is 1. The van der Waals surface area contributed by atoms with Crippen LogP contribution in [0.2, 0.25) is 0 Å². The molecule has 6 nitrogen and oxygen atoms in total. The van der Waals surface area contributed by atoms with Crippen molar-refractivity contribution in [2.75, 3.05) is 26.4 Å². The molecule has 1 fully saturated rings. The molecule has 0 aromatic heterocycles. The summed E-state index contributed by atoms with van der Waals surface area (Å²) in [5, 5.41) is 28.8. The summed E-state index contributed by atoms with van der Waals surface area (Å²) in [5.41, 5.74) is 1.12. The standard InChI is InChI=1S/C14H19NO5/c16-10-6-15(7-11(17)14(10)18)4-3-9-1-2-12-13(5-9)20-8-19-12/h1-2,5,10-11,14,16-18H,3-4,6-8H2/t10-,11+,14?. The lowest BCUT2D eigenvalue weighted by atomic mass is 10.0. The number of aliphatic hydroxyl groups is 3. The smallest absolute Gasteiger partial charge is 0.231 e. The lowest BCUT2D eigenvalue weighted by molar-refractivity contribution is -0.109. The maximum atomic E-state index is 9.65. The van der Waals surface area contributed by atoms with E-state index in [-0.39, 0.29) is 6.79 Å². The van der Waals surface area contributed by atoms with Crippen molar-refractivity contribution in [1.82, 2.24) is 4.90 Å². The molecule has 2 aliphatic heterocycles. The molecule has 0 bridgehead atoms. The summed E-state index contributed by atoms with van der Waals surface area (Å²) in [4.78, 5) is 1.95. The van der Waals surface area contributed by atoms with Crippen LogP contribution < -0.4 is 9.47 Å². The highest BCUT2D eigenvalue weighted by Gasteiger charge is 2.32. The van der Waals surface area contributed by atoms with E-state index >= 15 is 0 Å². The van der Waals surface area contributed by atoms with E-state index < -0.39 is 18.3 Å². The average molecular weight is 281 g/mol. The van der Waals surface area contributed by atoms with Gasteiger partial charge in [0.25, 0.3) is 0 Å². The minimum absolute atomic E-state index is 0.265. The van der Waals surface area contributed by atoms with Crippen LogP contribution in [0.4, 0.5) is 0 Å². The number of benzene rings is 1.